The van der Waals surface area contributed by atoms with Crippen molar-refractivity contribution >= 4 is 5.97 Å². The van der Waals surface area contributed by atoms with E-state index in [0.717, 1.165) is 0 Å². The monoisotopic (exact) mass is 174 g/mol. The van der Waals surface area contributed by atoms with Gasteiger partial charge in [-0.25, -0.2) is 0 Å². The molecule has 56 valence electrons. The number of ether oxygens (including phenoxy) is 1. The average Bonchev–Trinajstić information content (AvgIpc) is 1.66. The molecule has 1 N–H and O–H groups in total. The first-order valence-electron chi connectivity index (χ1n) is 2.57. The van der Waals surface area contributed by atoms with Crippen LogP contribution in [-0.2, 0) is 26.6 Å². The molecule has 0 saturated heterocycles. The molecule has 0 saturated carbocycles. The Labute approximate surface area is 64.9 Å². The average molecular weight is 174 g/mol. The second-order valence-electron chi connectivity index (χ2n) is 1.34. The summed E-state index contributed by atoms with van der Waals surface area (Å²) in [6.07, 6.45) is 0.105. The van der Waals surface area contributed by atoms with Gasteiger partial charge in [-0.2, -0.15) is 0 Å². The van der Waals surface area contributed by atoms with Crippen molar-refractivity contribution in [3.05, 3.63) is 0 Å². The summed E-state index contributed by atoms with van der Waals surface area (Å²) >= 11 is 0. The Morgan fingerprint density at radius 1 is 1.67 bits per heavy atom. The fraction of sp³-hybridized carbons (Fsp3) is 0.800. The third-order valence-corrected chi connectivity index (χ3v) is 0.664. The molecular formula is C5H10FeO3. The first-order valence-corrected chi connectivity index (χ1v) is 2.57. The van der Waals surface area contributed by atoms with Gasteiger partial charge in [-0.05, 0) is 6.92 Å². The largest absolute Gasteiger partial charge is 0.481 e. The van der Waals surface area contributed by atoms with Crippen LogP contribution in [0.1, 0.15) is 13.3 Å². The summed E-state index contributed by atoms with van der Waals surface area (Å²) < 4.78 is 4.76. The Kier molecular flexibility index (Phi) is 10.3. The van der Waals surface area contributed by atoms with Crippen molar-refractivity contribution in [1.82, 2.24) is 0 Å². The number of rotatable bonds is 4. The summed E-state index contributed by atoms with van der Waals surface area (Å²) in [5, 5.41) is 8.06. The van der Waals surface area contributed by atoms with Crippen molar-refractivity contribution in [3.8, 4) is 0 Å². The molecule has 0 aliphatic carbocycles. The predicted molar refractivity (Wildman–Crippen MR) is 28.7 cm³/mol. The summed E-state index contributed by atoms with van der Waals surface area (Å²) in [4.78, 5) is 9.79. The summed E-state index contributed by atoms with van der Waals surface area (Å²) in [6, 6.07) is 0. The molecule has 4 heteroatoms. The van der Waals surface area contributed by atoms with Gasteiger partial charge in [0, 0.05) is 23.7 Å². The SMILES string of the molecule is CCOCCC(=O)O.[Fe]. The van der Waals surface area contributed by atoms with Gasteiger partial charge >= 0.3 is 5.97 Å². The van der Waals surface area contributed by atoms with E-state index in [2.05, 4.69) is 0 Å². The second-order valence-corrected chi connectivity index (χ2v) is 1.34. The van der Waals surface area contributed by atoms with Crippen LogP contribution in [0.15, 0.2) is 0 Å². The molecule has 0 radical (unpaired) electrons. The predicted octanol–water partition coefficient (Wildman–Crippen LogP) is 0.495. The molecule has 0 unspecified atom stereocenters. The summed E-state index contributed by atoms with van der Waals surface area (Å²) in [5.41, 5.74) is 0. The van der Waals surface area contributed by atoms with Crippen LogP contribution in [0.3, 0.4) is 0 Å². The number of carboxylic acids is 1. The molecule has 0 bridgehead atoms. The van der Waals surface area contributed by atoms with Crippen LogP contribution in [0.4, 0.5) is 0 Å². The summed E-state index contributed by atoms with van der Waals surface area (Å²) in [5.74, 6) is -0.807. The first kappa shape index (κ1) is 11.7. The van der Waals surface area contributed by atoms with Crippen LogP contribution in [0.5, 0.6) is 0 Å². The molecule has 0 aromatic heterocycles. The normalized spacial score (nSPS) is 8.11. The Hall–Kier alpha value is -0.0505. The van der Waals surface area contributed by atoms with Gasteiger partial charge in [-0.3, -0.25) is 4.79 Å². The molecule has 0 fully saturated rings. The van der Waals surface area contributed by atoms with Crippen molar-refractivity contribution in [2.24, 2.45) is 0 Å². The van der Waals surface area contributed by atoms with Gasteiger partial charge in [0.15, 0.2) is 0 Å². The van der Waals surface area contributed by atoms with E-state index in [1.807, 2.05) is 6.92 Å². The van der Waals surface area contributed by atoms with Crippen molar-refractivity contribution in [3.63, 3.8) is 0 Å². The maximum atomic E-state index is 9.79. The Morgan fingerprint density at radius 3 is 2.56 bits per heavy atom. The topological polar surface area (TPSA) is 46.5 Å². The van der Waals surface area contributed by atoms with Crippen LogP contribution in [0.2, 0.25) is 0 Å². The van der Waals surface area contributed by atoms with E-state index in [0.29, 0.717) is 13.2 Å². The number of carbonyl (C=O) groups is 1. The molecule has 0 aliphatic rings. The fourth-order valence-electron chi connectivity index (χ4n) is 0.304. The van der Waals surface area contributed by atoms with E-state index in [1.165, 1.54) is 0 Å². The van der Waals surface area contributed by atoms with Crippen molar-refractivity contribution in [1.29, 1.82) is 0 Å². The van der Waals surface area contributed by atoms with Gasteiger partial charge in [0.25, 0.3) is 0 Å². The standard InChI is InChI=1S/C5H10O3.Fe/c1-2-8-4-3-5(6)7;/h2-4H2,1H3,(H,6,7);. The van der Waals surface area contributed by atoms with Crippen molar-refractivity contribution in [2.45, 2.75) is 13.3 Å². The molecule has 3 nitrogen and oxygen atoms in total. The van der Waals surface area contributed by atoms with E-state index in [-0.39, 0.29) is 23.5 Å². The van der Waals surface area contributed by atoms with Gasteiger partial charge in [0.05, 0.1) is 13.0 Å². The summed E-state index contributed by atoms with van der Waals surface area (Å²) in [7, 11) is 0. The molecule has 0 spiro atoms. The van der Waals surface area contributed by atoms with Crippen LogP contribution in [-0.4, -0.2) is 24.3 Å². The molecule has 0 aromatic rings. The Balaban J connectivity index is 0. The van der Waals surface area contributed by atoms with Gasteiger partial charge in [0.2, 0.25) is 0 Å². The quantitative estimate of drug-likeness (QED) is 0.498. The summed E-state index contributed by atoms with van der Waals surface area (Å²) in [6.45, 7) is 2.75. The maximum absolute atomic E-state index is 9.79. The van der Waals surface area contributed by atoms with Crippen LogP contribution >= 0.6 is 0 Å². The van der Waals surface area contributed by atoms with E-state index in [4.69, 9.17) is 9.84 Å². The Morgan fingerprint density at radius 2 is 2.22 bits per heavy atom. The molecule has 9 heavy (non-hydrogen) atoms. The van der Waals surface area contributed by atoms with E-state index >= 15 is 0 Å². The first-order chi connectivity index (χ1) is 3.77. The van der Waals surface area contributed by atoms with Crippen LogP contribution in [0.25, 0.3) is 0 Å². The maximum Gasteiger partial charge on any atom is 0.305 e. The van der Waals surface area contributed by atoms with E-state index in [9.17, 15) is 4.79 Å². The fourth-order valence-corrected chi connectivity index (χ4v) is 0.304. The smallest absolute Gasteiger partial charge is 0.305 e. The minimum Gasteiger partial charge on any atom is -0.481 e. The van der Waals surface area contributed by atoms with Crippen LogP contribution < -0.4 is 0 Å². The van der Waals surface area contributed by atoms with Crippen molar-refractivity contribution in [2.75, 3.05) is 13.2 Å². The molecular weight excluding hydrogens is 164 g/mol. The number of carboxylic acid groups (broad SMARTS) is 1. The van der Waals surface area contributed by atoms with Crippen molar-refractivity contribution < 1.29 is 31.7 Å². The minimum atomic E-state index is -0.807. The van der Waals surface area contributed by atoms with E-state index in [1.54, 1.807) is 0 Å². The molecule has 0 atom stereocenters. The van der Waals surface area contributed by atoms with Gasteiger partial charge in [-0.1, -0.05) is 0 Å². The van der Waals surface area contributed by atoms with E-state index < -0.39 is 5.97 Å². The molecule has 0 aliphatic heterocycles. The van der Waals surface area contributed by atoms with Gasteiger partial charge in [0.1, 0.15) is 0 Å². The number of hydrogen-bond donors (Lipinski definition) is 1. The molecule has 0 aromatic carbocycles. The molecule has 0 rings (SSSR count). The molecule has 0 amide bonds. The van der Waals surface area contributed by atoms with Gasteiger partial charge in [-0.15, -0.1) is 0 Å². The zero-order valence-electron chi connectivity index (χ0n) is 5.24. The third kappa shape index (κ3) is 11.5. The second kappa shape index (κ2) is 7.95. The minimum absolute atomic E-state index is 0. The zero-order valence-corrected chi connectivity index (χ0v) is 6.34. The number of aliphatic carboxylic acids is 1. The third-order valence-electron chi connectivity index (χ3n) is 0.664. The Bertz CT molecular complexity index is 74.6. The van der Waals surface area contributed by atoms with Crippen LogP contribution in [0, 0.1) is 0 Å². The number of hydrogen-bond acceptors (Lipinski definition) is 2. The molecule has 0 heterocycles. The zero-order chi connectivity index (χ0) is 6.41. The van der Waals surface area contributed by atoms with Gasteiger partial charge < -0.3 is 9.84 Å².